The maximum Gasteiger partial charge on any atom is 0.114 e. The zero-order valence-corrected chi connectivity index (χ0v) is 32.0. The zero-order valence-electron chi connectivity index (χ0n) is 29.6. The number of benzene rings is 3. The van der Waals surface area contributed by atoms with Crippen LogP contribution in [0.25, 0.3) is 52.8 Å². The van der Waals surface area contributed by atoms with Gasteiger partial charge in [-0.2, -0.15) is 8.75 Å². The molecule has 0 spiro atoms. The second kappa shape index (κ2) is 17.4. The zero-order chi connectivity index (χ0) is 34.0. The van der Waals surface area contributed by atoms with Crippen molar-refractivity contribution in [3.63, 3.8) is 0 Å². The summed E-state index contributed by atoms with van der Waals surface area (Å²) in [5.74, 6) is 0. The van der Waals surface area contributed by atoms with Crippen molar-refractivity contribution in [1.29, 1.82) is 0 Å². The SMILES string of the molecule is CCCCN(CCCC)c1ccc(-c2ccc(-c3ccc(-c4ccc(-c5ccc(N(CCCC)CCCC)cc5)s4)c4nsnc34)s2)cc1. The average molecular weight is 707 g/mol. The van der Waals surface area contributed by atoms with Crippen molar-refractivity contribution in [3.8, 4) is 41.8 Å². The maximum atomic E-state index is 4.81. The Bertz CT molecular complexity index is 1730. The number of nitrogens with zero attached hydrogens (tertiary/aromatic N) is 4. The van der Waals surface area contributed by atoms with Gasteiger partial charge in [0.2, 0.25) is 0 Å². The number of thiophene rings is 2. The molecule has 3 aromatic carbocycles. The highest BCUT2D eigenvalue weighted by Gasteiger charge is 2.17. The first-order chi connectivity index (χ1) is 24.1. The molecule has 0 amide bonds. The van der Waals surface area contributed by atoms with E-state index in [0.717, 1.165) is 48.3 Å². The van der Waals surface area contributed by atoms with Crippen LogP contribution in [0.1, 0.15) is 79.1 Å². The summed E-state index contributed by atoms with van der Waals surface area (Å²) in [4.78, 5) is 10.1. The summed E-state index contributed by atoms with van der Waals surface area (Å²) >= 11 is 4.98. The molecule has 0 aliphatic rings. The number of hydrogen-bond donors (Lipinski definition) is 0. The van der Waals surface area contributed by atoms with Crippen LogP contribution in [0.3, 0.4) is 0 Å². The lowest BCUT2D eigenvalue weighted by Crippen LogP contribution is -2.25. The summed E-state index contributed by atoms with van der Waals surface area (Å²) in [6.07, 6.45) is 9.83. The third-order valence-electron chi connectivity index (χ3n) is 9.32. The van der Waals surface area contributed by atoms with Crippen LogP contribution < -0.4 is 9.80 Å². The Morgan fingerprint density at radius 1 is 0.429 bits per heavy atom. The number of anilines is 2. The summed E-state index contributed by atoms with van der Waals surface area (Å²) in [6.45, 7) is 13.6. The van der Waals surface area contributed by atoms with Crippen LogP contribution in [-0.2, 0) is 0 Å². The van der Waals surface area contributed by atoms with Crippen molar-refractivity contribution in [2.45, 2.75) is 79.1 Å². The predicted molar refractivity (Wildman–Crippen MR) is 219 cm³/mol. The molecule has 0 aliphatic carbocycles. The van der Waals surface area contributed by atoms with E-state index in [2.05, 4.69) is 122 Å². The second-order valence-electron chi connectivity index (χ2n) is 12.9. The fourth-order valence-electron chi connectivity index (χ4n) is 6.35. The molecule has 0 radical (unpaired) electrons. The minimum atomic E-state index is 0.993. The summed E-state index contributed by atoms with van der Waals surface area (Å²) in [7, 11) is 0. The Morgan fingerprint density at radius 2 is 0.776 bits per heavy atom. The molecule has 0 bridgehead atoms. The molecule has 6 aromatic rings. The fraction of sp³-hybridized carbons (Fsp3) is 0.381. The number of hydrogen-bond acceptors (Lipinski definition) is 7. The van der Waals surface area contributed by atoms with Gasteiger partial charge in [0.05, 0.1) is 11.7 Å². The third kappa shape index (κ3) is 8.45. The van der Waals surface area contributed by atoms with E-state index in [1.807, 2.05) is 22.7 Å². The first-order valence-corrected chi connectivity index (χ1v) is 20.7. The molecular weight excluding hydrogens is 657 g/mol. The highest BCUT2D eigenvalue weighted by atomic mass is 32.1. The Kier molecular flexibility index (Phi) is 12.6. The molecule has 6 rings (SSSR count). The van der Waals surface area contributed by atoms with Gasteiger partial charge in [0.1, 0.15) is 11.0 Å². The van der Waals surface area contributed by atoms with E-state index in [-0.39, 0.29) is 0 Å². The highest BCUT2D eigenvalue weighted by Crippen LogP contribution is 2.42. The van der Waals surface area contributed by atoms with Crippen molar-refractivity contribution in [3.05, 3.63) is 84.9 Å². The maximum absolute atomic E-state index is 4.81. The lowest BCUT2D eigenvalue weighted by atomic mass is 10.1. The largest absolute Gasteiger partial charge is 0.372 e. The van der Waals surface area contributed by atoms with Crippen LogP contribution in [0.2, 0.25) is 0 Å². The van der Waals surface area contributed by atoms with Crippen molar-refractivity contribution in [2.24, 2.45) is 0 Å². The van der Waals surface area contributed by atoms with Crippen LogP contribution in [0, 0.1) is 0 Å². The van der Waals surface area contributed by atoms with E-state index in [9.17, 15) is 0 Å². The van der Waals surface area contributed by atoms with Gasteiger partial charge < -0.3 is 9.80 Å². The van der Waals surface area contributed by atoms with E-state index >= 15 is 0 Å². The summed E-state index contributed by atoms with van der Waals surface area (Å²) in [5.41, 5.74) is 9.51. The lowest BCUT2D eigenvalue weighted by molar-refractivity contribution is 0.678. The second-order valence-corrected chi connectivity index (χ2v) is 15.6. The van der Waals surface area contributed by atoms with E-state index in [0.29, 0.717) is 0 Å². The Morgan fingerprint density at radius 3 is 1.12 bits per heavy atom. The van der Waals surface area contributed by atoms with Gasteiger partial charge in [0.15, 0.2) is 0 Å². The van der Waals surface area contributed by atoms with Crippen LogP contribution in [0.15, 0.2) is 84.9 Å². The molecule has 0 N–H and O–H groups in total. The molecule has 3 aromatic heterocycles. The number of rotatable bonds is 18. The van der Waals surface area contributed by atoms with Gasteiger partial charge in [-0.15, -0.1) is 22.7 Å². The Balaban J connectivity index is 1.20. The quantitative estimate of drug-likeness (QED) is 0.0890. The minimum Gasteiger partial charge on any atom is -0.372 e. The van der Waals surface area contributed by atoms with Gasteiger partial charge in [0.25, 0.3) is 0 Å². The molecule has 0 atom stereocenters. The van der Waals surface area contributed by atoms with Crippen LogP contribution in [-0.4, -0.2) is 34.9 Å². The standard InChI is InChI=1S/C42H50N4S3/c1-5-9-27-45(28-10-6-2)33-17-13-31(14-18-33)37-23-25-39(47-37)35-21-22-36(42-41(35)43-49-44-42)40-26-24-38(48-40)32-15-19-34(20-16-32)46(29-11-7-3)30-12-8-4/h13-26H,5-12,27-30H2,1-4H3. The van der Waals surface area contributed by atoms with E-state index in [4.69, 9.17) is 8.75 Å². The van der Waals surface area contributed by atoms with E-state index in [1.165, 1.54) is 105 Å². The molecule has 0 saturated heterocycles. The van der Waals surface area contributed by atoms with Crippen LogP contribution in [0.4, 0.5) is 11.4 Å². The van der Waals surface area contributed by atoms with Gasteiger partial charge in [-0.05, 0) is 85.3 Å². The number of fused-ring (bicyclic) bond motifs is 1. The molecule has 256 valence electrons. The summed E-state index contributed by atoms with van der Waals surface area (Å²) < 4.78 is 9.62. The first-order valence-electron chi connectivity index (χ1n) is 18.3. The highest BCUT2D eigenvalue weighted by molar-refractivity contribution is 7.19. The number of unbranched alkanes of at least 4 members (excludes halogenated alkanes) is 4. The smallest absolute Gasteiger partial charge is 0.114 e. The Labute approximate surface area is 305 Å². The molecule has 49 heavy (non-hydrogen) atoms. The van der Waals surface area contributed by atoms with E-state index in [1.54, 1.807) is 0 Å². The van der Waals surface area contributed by atoms with Crippen molar-refractivity contribution >= 4 is 56.8 Å². The molecular formula is C42H50N4S3. The molecule has 0 saturated carbocycles. The predicted octanol–water partition coefficient (Wildman–Crippen LogP) is 13.3. The van der Waals surface area contributed by atoms with Crippen molar-refractivity contribution in [2.75, 3.05) is 36.0 Å². The molecule has 3 heterocycles. The van der Waals surface area contributed by atoms with E-state index < -0.39 is 0 Å². The van der Waals surface area contributed by atoms with Crippen LogP contribution in [0.5, 0.6) is 0 Å². The molecule has 0 unspecified atom stereocenters. The molecule has 0 fully saturated rings. The molecule has 7 heteroatoms. The average Bonchev–Trinajstić information content (AvgIpc) is 3.94. The van der Waals surface area contributed by atoms with Gasteiger partial charge in [-0.3, -0.25) is 0 Å². The lowest BCUT2D eigenvalue weighted by Gasteiger charge is -2.24. The van der Waals surface area contributed by atoms with Crippen molar-refractivity contribution in [1.82, 2.24) is 8.75 Å². The minimum absolute atomic E-state index is 0.993. The topological polar surface area (TPSA) is 32.3 Å². The van der Waals surface area contributed by atoms with Gasteiger partial charge in [0, 0.05) is 68.2 Å². The van der Waals surface area contributed by atoms with Crippen LogP contribution >= 0.6 is 34.4 Å². The summed E-state index contributed by atoms with van der Waals surface area (Å²) in [5, 5.41) is 0. The summed E-state index contributed by atoms with van der Waals surface area (Å²) in [6, 6.07) is 31.8. The monoisotopic (exact) mass is 706 g/mol. The van der Waals surface area contributed by atoms with Crippen molar-refractivity contribution < 1.29 is 0 Å². The molecule has 4 nitrogen and oxygen atoms in total. The fourth-order valence-corrected chi connectivity index (χ4v) is 9.00. The first kappa shape index (κ1) is 35.3. The third-order valence-corrected chi connectivity index (χ3v) is 12.2. The Hall–Kier alpha value is -3.52. The normalized spacial score (nSPS) is 11.4. The van der Waals surface area contributed by atoms with Gasteiger partial charge in [-0.1, -0.05) is 89.8 Å². The molecule has 0 aliphatic heterocycles. The van der Waals surface area contributed by atoms with Gasteiger partial charge in [-0.25, -0.2) is 0 Å². The number of aromatic nitrogens is 2. The van der Waals surface area contributed by atoms with Gasteiger partial charge >= 0.3 is 0 Å².